The Morgan fingerprint density at radius 2 is 2.09 bits per heavy atom. The van der Waals surface area contributed by atoms with Crippen LogP contribution in [0.2, 0.25) is 0 Å². The zero-order chi connectivity index (χ0) is 22.7. The molecule has 0 aliphatic carbocycles. The van der Waals surface area contributed by atoms with E-state index in [4.69, 9.17) is 9.26 Å². The van der Waals surface area contributed by atoms with Crippen LogP contribution in [-0.2, 0) is 16.1 Å². The van der Waals surface area contributed by atoms with Gasteiger partial charge in [0.25, 0.3) is 5.91 Å². The van der Waals surface area contributed by atoms with E-state index in [-0.39, 0.29) is 24.2 Å². The Kier molecular flexibility index (Phi) is 5.95. The van der Waals surface area contributed by atoms with Crippen molar-refractivity contribution in [1.29, 1.82) is 0 Å². The van der Waals surface area contributed by atoms with Crippen LogP contribution in [0.3, 0.4) is 0 Å². The van der Waals surface area contributed by atoms with Crippen LogP contribution in [0.25, 0.3) is 17.0 Å². The van der Waals surface area contributed by atoms with Crippen molar-refractivity contribution in [3.63, 3.8) is 0 Å². The van der Waals surface area contributed by atoms with Gasteiger partial charge in [-0.3, -0.25) is 14.0 Å². The predicted octanol–water partition coefficient (Wildman–Crippen LogP) is 2.60. The average molecular weight is 434 g/mol. The summed E-state index contributed by atoms with van der Waals surface area (Å²) in [6, 6.07) is 11.0. The van der Waals surface area contributed by atoms with Crippen molar-refractivity contribution >= 4 is 23.1 Å². The second-order valence-electron chi connectivity index (χ2n) is 7.16. The van der Waals surface area contributed by atoms with E-state index >= 15 is 0 Å². The number of ether oxygens (including phenoxy) is 1. The minimum Gasteiger partial charge on any atom is -0.372 e. The summed E-state index contributed by atoms with van der Waals surface area (Å²) in [7, 11) is 1.46. The molecule has 4 aromatic rings. The maximum Gasteiger partial charge on any atom is 0.274 e. The first kappa shape index (κ1) is 21.2. The monoisotopic (exact) mass is 434 g/mol. The molecule has 0 fully saturated rings. The maximum atomic E-state index is 12.8. The summed E-state index contributed by atoms with van der Waals surface area (Å²) in [6.45, 7) is 3.62. The second-order valence-corrected chi connectivity index (χ2v) is 7.16. The Morgan fingerprint density at radius 3 is 2.91 bits per heavy atom. The van der Waals surface area contributed by atoms with Gasteiger partial charge in [0.15, 0.2) is 0 Å². The standard InChI is InChI=1S/C22H22N6O4/c1-13-7-8-15(20-26-19(32-27-20)12-24-21(29)14(2)31-3)10-16(13)25-22(30)17-11-23-18-6-4-5-9-28(17)18/h4-11,14H,12H2,1-3H3,(H,24,29)(H,25,30). The Balaban J connectivity index is 1.50. The first-order valence-electron chi connectivity index (χ1n) is 9.94. The highest BCUT2D eigenvalue weighted by atomic mass is 16.5. The number of pyridine rings is 1. The van der Waals surface area contributed by atoms with Crippen LogP contribution in [0.5, 0.6) is 0 Å². The van der Waals surface area contributed by atoms with Gasteiger partial charge in [-0.25, -0.2) is 4.98 Å². The topological polar surface area (TPSA) is 124 Å². The first-order chi connectivity index (χ1) is 15.5. The highest BCUT2D eigenvalue weighted by Gasteiger charge is 2.16. The molecule has 2 amide bonds. The lowest BCUT2D eigenvalue weighted by Gasteiger charge is -2.09. The summed E-state index contributed by atoms with van der Waals surface area (Å²) in [5, 5.41) is 9.56. The summed E-state index contributed by atoms with van der Waals surface area (Å²) in [4.78, 5) is 33.2. The molecule has 32 heavy (non-hydrogen) atoms. The van der Waals surface area contributed by atoms with E-state index in [9.17, 15) is 9.59 Å². The van der Waals surface area contributed by atoms with Crippen molar-refractivity contribution in [3.05, 3.63) is 65.9 Å². The Hall–Kier alpha value is -4.05. The van der Waals surface area contributed by atoms with Gasteiger partial charge >= 0.3 is 0 Å². The average Bonchev–Trinajstić information content (AvgIpc) is 3.45. The summed E-state index contributed by atoms with van der Waals surface area (Å²) in [6.07, 6.45) is 2.75. The first-order valence-corrected chi connectivity index (χ1v) is 9.94. The van der Waals surface area contributed by atoms with Gasteiger partial charge in [-0.05, 0) is 37.6 Å². The lowest BCUT2D eigenvalue weighted by atomic mass is 10.1. The summed E-state index contributed by atoms with van der Waals surface area (Å²) in [5.41, 5.74) is 3.27. The fourth-order valence-corrected chi connectivity index (χ4v) is 3.04. The number of imidazole rings is 1. The van der Waals surface area contributed by atoms with Gasteiger partial charge < -0.3 is 19.9 Å². The van der Waals surface area contributed by atoms with Crippen LogP contribution in [0.15, 0.2) is 53.3 Å². The SMILES string of the molecule is COC(C)C(=O)NCc1nc(-c2ccc(C)c(NC(=O)c3cnc4ccccn34)c2)no1. The van der Waals surface area contributed by atoms with E-state index in [0.29, 0.717) is 28.4 Å². The Labute approximate surface area is 183 Å². The normalized spacial score (nSPS) is 12.0. The summed E-state index contributed by atoms with van der Waals surface area (Å²) < 4.78 is 11.9. The fourth-order valence-electron chi connectivity index (χ4n) is 3.04. The molecular formula is C22H22N6O4. The largest absolute Gasteiger partial charge is 0.372 e. The van der Waals surface area contributed by atoms with Crippen molar-refractivity contribution in [1.82, 2.24) is 24.8 Å². The van der Waals surface area contributed by atoms with Crippen molar-refractivity contribution in [3.8, 4) is 11.4 Å². The number of carbonyl (C=O) groups excluding carboxylic acids is 2. The molecule has 0 saturated heterocycles. The highest BCUT2D eigenvalue weighted by molar-refractivity contribution is 6.04. The third-order valence-corrected chi connectivity index (χ3v) is 5.00. The molecule has 164 valence electrons. The minimum atomic E-state index is -0.575. The van der Waals surface area contributed by atoms with E-state index in [1.165, 1.54) is 13.3 Å². The smallest absolute Gasteiger partial charge is 0.274 e. The van der Waals surface area contributed by atoms with Crippen LogP contribution in [0, 0.1) is 6.92 Å². The summed E-state index contributed by atoms with van der Waals surface area (Å²) >= 11 is 0. The molecule has 0 spiro atoms. The van der Waals surface area contributed by atoms with Crippen molar-refractivity contribution in [2.75, 3.05) is 12.4 Å². The second kappa shape index (κ2) is 8.98. The fraction of sp³-hybridized carbons (Fsp3) is 0.227. The quantitative estimate of drug-likeness (QED) is 0.458. The number of fused-ring (bicyclic) bond motifs is 1. The van der Waals surface area contributed by atoms with Crippen LogP contribution in [-0.4, -0.2) is 44.6 Å². The molecule has 1 atom stereocenters. The molecule has 0 radical (unpaired) electrons. The van der Waals surface area contributed by atoms with Gasteiger partial charge in [0.1, 0.15) is 17.4 Å². The molecule has 4 rings (SSSR count). The Morgan fingerprint density at radius 1 is 1.25 bits per heavy atom. The van der Waals surface area contributed by atoms with Gasteiger partial charge in [0, 0.05) is 24.6 Å². The molecule has 0 aliphatic heterocycles. The number of rotatable bonds is 7. The number of benzene rings is 1. The molecule has 10 nitrogen and oxygen atoms in total. The van der Waals surface area contributed by atoms with E-state index in [1.54, 1.807) is 23.6 Å². The van der Waals surface area contributed by atoms with E-state index < -0.39 is 6.10 Å². The Bertz CT molecular complexity index is 1280. The lowest BCUT2D eigenvalue weighted by Crippen LogP contribution is -2.33. The van der Waals surface area contributed by atoms with Gasteiger partial charge in [0.05, 0.1) is 12.7 Å². The highest BCUT2D eigenvalue weighted by Crippen LogP contribution is 2.24. The number of carbonyl (C=O) groups is 2. The van der Waals surface area contributed by atoms with E-state index in [2.05, 4.69) is 25.8 Å². The van der Waals surface area contributed by atoms with E-state index in [0.717, 1.165) is 5.56 Å². The molecular weight excluding hydrogens is 412 g/mol. The molecule has 2 N–H and O–H groups in total. The van der Waals surface area contributed by atoms with Crippen LogP contribution in [0.1, 0.15) is 28.9 Å². The van der Waals surface area contributed by atoms with Crippen molar-refractivity contribution in [2.24, 2.45) is 0 Å². The molecule has 0 bridgehead atoms. The van der Waals surface area contributed by atoms with Crippen molar-refractivity contribution in [2.45, 2.75) is 26.5 Å². The third kappa shape index (κ3) is 4.35. The number of aromatic nitrogens is 4. The van der Waals surface area contributed by atoms with Gasteiger partial charge in [-0.15, -0.1) is 0 Å². The van der Waals surface area contributed by atoms with Gasteiger partial charge in [0.2, 0.25) is 17.6 Å². The van der Waals surface area contributed by atoms with Crippen LogP contribution < -0.4 is 10.6 Å². The minimum absolute atomic E-state index is 0.0866. The number of hydrogen-bond acceptors (Lipinski definition) is 7. The predicted molar refractivity (Wildman–Crippen MR) is 116 cm³/mol. The number of hydrogen-bond donors (Lipinski definition) is 2. The number of nitrogens with one attached hydrogen (secondary N) is 2. The number of amides is 2. The number of methoxy groups -OCH3 is 1. The van der Waals surface area contributed by atoms with Crippen LogP contribution >= 0.6 is 0 Å². The molecule has 1 unspecified atom stereocenters. The molecule has 3 aromatic heterocycles. The van der Waals surface area contributed by atoms with Crippen molar-refractivity contribution < 1.29 is 18.8 Å². The molecule has 3 heterocycles. The maximum absolute atomic E-state index is 12.8. The zero-order valence-corrected chi connectivity index (χ0v) is 17.8. The molecule has 0 aliphatic rings. The lowest BCUT2D eigenvalue weighted by molar-refractivity contribution is -0.130. The summed E-state index contributed by atoms with van der Waals surface area (Å²) in [5.74, 6) is 0.0422. The molecule has 10 heteroatoms. The van der Waals surface area contributed by atoms with Gasteiger partial charge in [-0.1, -0.05) is 23.4 Å². The number of anilines is 1. The van der Waals surface area contributed by atoms with Crippen LogP contribution in [0.4, 0.5) is 5.69 Å². The number of nitrogens with zero attached hydrogens (tertiary/aromatic N) is 4. The third-order valence-electron chi connectivity index (χ3n) is 5.00. The zero-order valence-electron chi connectivity index (χ0n) is 17.8. The number of aryl methyl sites for hydroxylation is 1. The van der Waals surface area contributed by atoms with Gasteiger partial charge in [-0.2, -0.15) is 4.98 Å². The molecule has 0 saturated carbocycles. The molecule has 1 aromatic carbocycles. The van der Waals surface area contributed by atoms with E-state index in [1.807, 2.05) is 37.3 Å².